The Kier molecular flexibility index (Phi) is 2.78. The first kappa shape index (κ1) is 10.6. The normalized spacial score (nSPS) is 28.2. The van der Waals surface area contributed by atoms with Gasteiger partial charge in [0, 0.05) is 31.9 Å². The minimum Gasteiger partial charge on any atom is -0.296 e. The van der Waals surface area contributed by atoms with Gasteiger partial charge in [0.05, 0.1) is 6.20 Å². The van der Waals surface area contributed by atoms with Crippen LogP contribution >= 0.6 is 0 Å². The van der Waals surface area contributed by atoms with Crippen LogP contribution < -0.4 is 0 Å². The summed E-state index contributed by atoms with van der Waals surface area (Å²) in [4.78, 5) is 2.17. The topological polar surface area (TPSA) is 21.1 Å². The highest BCUT2D eigenvalue weighted by molar-refractivity contribution is 5.04. The second-order valence-corrected chi connectivity index (χ2v) is 4.75. The lowest BCUT2D eigenvalue weighted by Gasteiger charge is -2.34. The van der Waals surface area contributed by atoms with Crippen molar-refractivity contribution in [1.82, 2.24) is 14.7 Å². The van der Waals surface area contributed by atoms with Gasteiger partial charge in [-0.15, -0.1) is 0 Å². The maximum atomic E-state index is 13.8. The fourth-order valence-corrected chi connectivity index (χ4v) is 2.24. The zero-order valence-electron chi connectivity index (χ0n) is 9.41. The third-order valence-corrected chi connectivity index (χ3v) is 2.89. The van der Waals surface area contributed by atoms with Crippen molar-refractivity contribution in [3.8, 4) is 0 Å². The number of alkyl halides is 1. The summed E-state index contributed by atoms with van der Waals surface area (Å²) >= 11 is 0. The largest absolute Gasteiger partial charge is 0.296 e. The molecule has 84 valence electrons. The maximum absolute atomic E-state index is 13.8. The summed E-state index contributed by atoms with van der Waals surface area (Å²) in [7, 11) is 1.90. The standard InChI is InChI=1S/C11H18FN3/c1-11(12)4-3-5-15(9-11)8-10-6-13-14(2)7-10/h6-7H,3-5,8-9H2,1-2H3. The van der Waals surface area contributed by atoms with Crippen LogP contribution in [0.4, 0.5) is 4.39 Å². The molecular formula is C11H18FN3. The van der Waals surface area contributed by atoms with Gasteiger partial charge in [-0.05, 0) is 26.3 Å². The van der Waals surface area contributed by atoms with Crippen LogP contribution in [0.5, 0.6) is 0 Å². The van der Waals surface area contributed by atoms with E-state index >= 15 is 0 Å². The van der Waals surface area contributed by atoms with E-state index in [0.29, 0.717) is 13.0 Å². The summed E-state index contributed by atoms with van der Waals surface area (Å²) in [6.07, 6.45) is 5.48. The number of rotatable bonds is 2. The predicted octanol–water partition coefficient (Wildman–Crippen LogP) is 1.74. The number of aromatic nitrogens is 2. The molecule has 1 aromatic heterocycles. The molecule has 0 spiro atoms. The van der Waals surface area contributed by atoms with E-state index in [2.05, 4.69) is 10.00 Å². The average Bonchev–Trinajstić information content (AvgIpc) is 2.49. The predicted molar refractivity (Wildman–Crippen MR) is 57.2 cm³/mol. The Morgan fingerprint density at radius 3 is 3.00 bits per heavy atom. The van der Waals surface area contributed by atoms with Crippen molar-refractivity contribution in [2.75, 3.05) is 13.1 Å². The fraction of sp³-hybridized carbons (Fsp3) is 0.727. The van der Waals surface area contributed by atoms with Crippen molar-refractivity contribution in [3.63, 3.8) is 0 Å². The molecule has 1 saturated heterocycles. The number of piperidine rings is 1. The van der Waals surface area contributed by atoms with E-state index in [1.54, 1.807) is 11.6 Å². The van der Waals surface area contributed by atoms with Crippen molar-refractivity contribution in [3.05, 3.63) is 18.0 Å². The molecule has 3 nitrogen and oxygen atoms in total. The van der Waals surface area contributed by atoms with Gasteiger partial charge in [-0.1, -0.05) is 0 Å². The van der Waals surface area contributed by atoms with Crippen LogP contribution in [0, 0.1) is 0 Å². The maximum Gasteiger partial charge on any atom is 0.120 e. The van der Waals surface area contributed by atoms with E-state index < -0.39 is 5.67 Å². The number of hydrogen-bond acceptors (Lipinski definition) is 2. The molecule has 2 heterocycles. The quantitative estimate of drug-likeness (QED) is 0.743. The molecule has 0 radical (unpaired) electrons. The molecule has 0 N–H and O–H groups in total. The van der Waals surface area contributed by atoms with Crippen LogP contribution in [0.3, 0.4) is 0 Å². The Morgan fingerprint density at radius 2 is 2.40 bits per heavy atom. The van der Waals surface area contributed by atoms with E-state index in [9.17, 15) is 4.39 Å². The molecule has 0 aliphatic carbocycles. The Labute approximate surface area is 89.9 Å². The Hall–Kier alpha value is -0.900. The Morgan fingerprint density at radius 1 is 1.60 bits per heavy atom. The summed E-state index contributed by atoms with van der Waals surface area (Å²) in [5, 5.41) is 4.11. The molecule has 0 bridgehead atoms. The van der Waals surface area contributed by atoms with E-state index in [0.717, 1.165) is 25.1 Å². The first-order chi connectivity index (χ1) is 7.05. The van der Waals surface area contributed by atoms with Crippen LogP contribution in [0.1, 0.15) is 25.3 Å². The van der Waals surface area contributed by atoms with Gasteiger partial charge in [-0.2, -0.15) is 5.10 Å². The molecule has 1 aliphatic rings. The highest BCUT2D eigenvalue weighted by Gasteiger charge is 2.30. The summed E-state index contributed by atoms with van der Waals surface area (Å²) in [6.45, 7) is 4.05. The molecule has 1 unspecified atom stereocenters. The van der Waals surface area contributed by atoms with Gasteiger partial charge in [0.2, 0.25) is 0 Å². The van der Waals surface area contributed by atoms with E-state index in [1.807, 2.05) is 19.4 Å². The van der Waals surface area contributed by atoms with Crippen LogP contribution in [0.15, 0.2) is 12.4 Å². The number of aryl methyl sites for hydroxylation is 1. The van der Waals surface area contributed by atoms with E-state index in [4.69, 9.17) is 0 Å². The smallest absolute Gasteiger partial charge is 0.120 e. The number of hydrogen-bond donors (Lipinski definition) is 0. The molecular weight excluding hydrogens is 193 g/mol. The molecule has 15 heavy (non-hydrogen) atoms. The lowest BCUT2D eigenvalue weighted by atomic mass is 9.97. The summed E-state index contributed by atoms with van der Waals surface area (Å²) in [6, 6.07) is 0. The van der Waals surface area contributed by atoms with Crippen molar-refractivity contribution >= 4 is 0 Å². The third kappa shape index (κ3) is 2.78. The lowest BCUT2D eigenvalue weighted by Crippen LogP contribution is -2.42. The number of halogens is 1. The van der Waals surface area contributed by atoms with Gasteiger partial charge in [-0.25, -0.2) is 4.39 Å². The van der Waals surface area contributed by atoms with Crippen LogP contribution in [0.25, 0.3) is 0 Å². The SMILES string of the molecule is Cn1cc(CN2CCCC(C)(F)C2)cn1. The van der Waals surface area contributed by atoms with Gasteiger partial charge in [0.15, 0.2) is 0 Å². The van der Waals surface area contributed by atoms with E-state index in [-0.39, 0.29) is 0 Å². The zero-order chi connectivity index (χ0) is 10.9. The molecule has 1 aromatic rings. The molecule has 1 aliphatic heterocycles. The lowest BCUT2D eigenvalue weighted by molar-refractivity contribution is 0.0563. The summed E-state index contributed by atoms with van der Waals surface area (Å²) in [5.74, 6) is 0. The molecule has 0 saturated carbocycles. The van der Waals surface area contributed by atoms with Crippen LogP contribution in [-0.4, -0.2) is 33.4 Å². The van der Waals surface area contributed by atoms with Gasteiger partial charge < -0.3 is 0 Å². The molecule has 1 atom stereocenters. The van der Waals surface area contributed by atoms with Gasteiger partial charge in [0.1, 0.15) is 5.67 Å². The van der Waals surface area contributed by atoms with Crippen molar-refractivity contribution < 1.29 is 4.39 Å². The van der Waals surface area contributed by atoms with Crippen LogP contribution in [-0.2, 0) is 13.6 Å². The molecule has 1 fully saturated rings. The number of nitrogens with zero attached hydrogens (tertiary/aromatic N) is 3. The number of likely N-dealkylation sites (tertiary alicyclic amines) is 1. The Bertz CT molecular complexity index is 332. The summed E-state index contributed by atoms with van der Waals surface area (Å²) in [5.41, 5.74) is 0.149. The first-order valence-corrected chi connectivity index (χ1v) is 5.44. The Balaban J connectivity index is 1.95. The van der Waals surface area contributed by atoms with Gasteiger partial charge in [0.25, 0.3) is 0 Å². The third-order valence-electron chi connectivity index (χ3n) is 2.89. The molecule has 4 heteroatoms. The molecule has 0 aromatic carbocycles. The van der Waals surface area contributed by atoms with E-state index in [1.165, 1.54) is 0 Å². The first-order valence-electron chi connectivity index (χ1n) is 5.44. The second-order valence-electron chi connectivity index (χ2n) is 4.75. The summed E-state index contributed by atoms with van der Waals surface area (Å²) < 4.78 is 15.6. The van der Waals surface area contributed by atoms with Crippen LogP contribution in [0.2, 0.25) is 0 Å². The van der Waals surface area contributed by atoms with Gasteiger partial charge >= 0.3 is 0 Å². The highest BCUT2D eigenvalue weighted by atomic mass is 19.1. The van der Waals surface area contributed by atoms with Crippen molar-refractivity contribution in [1.29, 1.82) is 0 Å². The van der Waals surface area contributed by atoms with Crippen molar-refractivity contribution in [2.24, 2.45) is 7.05 Å². The van der Waals surface area contributed by atoms with Gasteiger partial charge in [-0.3, -0.25) is 9.58 Å². The highest BCUT2D eigenvalue weighted by Crippen LogP contribution is 2.25. The molecule has 2 rings (SSSR count). The monoisotopic (exact) mass is 211 g/mol. The fourth-order valence-electron chi connectivity index (χ4n) is 2.24. The minimum absolute atomic E-state index is 0.544. The zero-order valence-corrected chi connectivity index (χ0v) is 9.41. The molecule has 0 amide bonds. The minimum atomic E-state index is -1.01. The second kappa shape index (κ2) is 3.93. The average molecular weight is 211 g/mol. The van der Waals surface area contributed by atoms with Crippen molar-refractivity contribution in [2.45, 2.75) is 32.0 Å².